The Morgan fingerprint density at radius 3 is 2.94 bits per heavy atom. The number of benzene rings is 1. The van der Waals surface area contributed by atoms with E-state index in [0.29, 0.717) is 0 Å². The predicted molar refractivity (Wildman–Crippen MR) is 67.2 cm³/mol. The minimum atomic E-state index is -0.288. The zero-order valence-corrected chi connectivity index (χ0v) is 10.2. The first-order valence-electron chi connectivity index (χ1n) is 6.76. The Bertz CT molecular complexity index is 394. The van der Waals surface area contributed by atoms with Crippen molar-refractivity contribution in [3.63, 3.8) is 0 Å². The highest BCUT2D eigenvalue weighted by molar-refractivity contribution is 5.40. The number of aliphatic hydroxyl groups is 1. The van der Waals surface area contributed by atoms with E-state index in [4.69, 9.17) is 4.74 Å². The van der Waals surface area contributed by atoms with Gasteiger partial charge in [-0.15, -0.1) is 0 Å². The van der Waals surface area contributed by atoms with Gasteiger partial charge in [0.1, 0.15) is 5.75 Å². The Morgan fingerprint density at radius 1 is 1.29 bits per heavy atom. The molecule has 0 spiro atoms. The van der Waals surface area contributed by atoms with Crippen LogP contribution in [-0.4, -0.2) is 11.7 Å². The molecule has 3 rings (SSSR count). The summed E-state index contributed by atoms with van der Waals surface area (Å²) in [7, 11) is 0. The van der Waals surface area contributed by atoms with Gasteiger partial charge in [-0.3, -0.25) is 0 Å². The van der Waals surface area contributed by atoms with Crippen LogP contribution in [0, 0.1) is 5.92 Å². The molecule has 2 heteroatoms. The van der Waals surface area contributed by atoms with Crippen LogP contribution >= 0.6 is 0 Å². The summed E-state index contributed by atoms with van der Waals surface area (Å²) >= 11 is 0. The van der Waals surface area contributed by atoms with Gasteiger partial charge in [0.2, 0.25) is 0 Å². The van der Waals surface area contributed by atoms with Gasteiger partial charge in [-0.1, -0.05) is 31.7 Å². The maximum Gasteiger partial charge on any atom is 0.122 e. The SMILES string of the molecule is OC(CC1CCCC1)c1ccc2c(c1)CCO2. The van der Waals surface area contributed by atoms with E-state index in [1.807, 2.05) is 12.1 Å². The standard InChI is InChI=1S/C15H20O2/c16-14(9-11-3-1-2-4-11)12-5-6-15-13(10-12)7-8-17-15/h5-6,10-11,14,16H,1-4,7-9H2. The number of aliphatic hydroxyl groups excluding tert-OH is 1. The van der Waals surface area contributed by atoms with Crippen molar-refractivity contribution in [2.75, 3.05) is 6.61 Å². The monoisotopic (exact) mass is 232 g/mol. The number of hydrogen-bond acceptors (Lipinski definition) is 2. The summed E-state index contributed by atoms with van der Waals surface area (Å²) < 4.78 is 5.48. The van der Waals surface area contributed by atoms with E-state index in [1.54, 1.807) is 0 Å². The third kappa shape index (κ3) is 2.32. The summed E-state index contributed by atoms with van der Waals surface area (Å²) in [5.74, 6) is 1.73. The Kier molecular flexibility index (Phi) is 3.06. The number of hydrogen-bond donors (Lipinski definition) is 1. The smallest absolute Gasteiger partial charge is 0.122 e. The van der Waals surface area contributed by atoms with Gasteiger partial charge in [-0.25, -0.2) is 0 Å². The van der Waals surface area contributed by atoms with Crippen LogP contribution in [0.25, 0.3) is 0 Å². The van der Waals surface area contributed by atoms with Gasteiger partial charge in [0, 0.05) is 6.42 Å². The van der Waals surface area contributed by atoms with Crippen molar-refractivity contribution in [2.45, 2.75) is 44.6 Å². The average molecular weight is 232 g/mol. The predicted octanol–water partition coefficient (Wildman–Crippen LogP) is 3.24. The van der Waals surface area contributed by atoms with Gasteiger partial charge < -0.3 is 9.84 Å². The maximum absolute atomic E-state index is 10.3. The Hall–Kier alpha value is -1.02. The Balaban J connectivity index is 1.70. The average Bonchev–Trinajstić information content (AvgIpc) is 2.97. The van der Waals surface area contributed by atoms with E-state index in [0.717, 1.165) is 36.7 Å². The second-order valence-corrected chi connectivity index (χ2v) is 5.37. The van der Waals surface area contributed by atoms with Gasteiger partial charge in [0.05, 0.1) is 12.7 Å². The lowest BCUT2D eigenvalue weighted by Gasteiger charge is -2.16. The topological polar surface area (TPSA) is 29.5 Å². The van der Waals surface area contributed by atoms with Crippen LogP contribution in [0.3, 0.4) is 0 Å². The molecule has 1 heterocycles. The van der Waals surface area contributed by atoms with E-state index in [1.165, 1.54) is 31.2 Å². The van der Waals surface area contributed by atoms with Crippen molar-refractivity contribution in [1.29, 1.82) is 0 Å². The summed E-state index contributed by atoms with van der Waals surface area (Å²) in [6.07, 6.45) is 6.91. The molecule has 1 N–H and O–H groups in total. The minimum absolute atomic E-state index is 0.288. The maximum atomic E-state index is 10.3. The van der Waals surface area contributed by atoms with E-state index in [2.05, 4.69) is 6.07 Å². The van der Waals surface area contributed by atoms with Crippen LogP contribution in [0.5, 0.6) is 5.75 Å². The molecule has 1 unspecified atom stereocenters. The molecule has 1 saturated carbocycles. The minimum Gasteiger partial charge on any atom is -0.493 e. The van der Waals surface area contributed by atoms with Crippen molar-refractivity contribution in [3.8, 4) is 5.75 Å². The van der Waals surface area contributed by atoms with Gasteiger partial charge in [-0.05, 0) is 35.6 Å². The third-order valence-electron chi connectivity index (χ3n) is 4.13. The molecule has 0 amide bonds. The molecule has 1 atom stereocenters. The van der Waals surface area contributed by atoms with Crippen LogP contribution in [-0.2, 0) is 6.42 Å². The van der Waals surface area contributed by atoms with Gasteiger partial charge in [-0.2, -0.15) is 0 Å². The Labute approximate surface area is 103 Å². The highest BCUT2D eigenvalue weighted by Gasteiger charge is 2.21. The van der Waals surface area contributed by atoms with Crippen LogP contribution in [0.15, 0.2) is 18.2 Å². The molecule has 92 valence electrons. The van der Waals surface area contributed by atoms with Gasteiger partial charge in [0.15, 0.2) is 0 Å². The summed E-state index contributed by atoms with van der Waals surface area (Å²) in [4.78, 5) is 0. The molecule has 17 heavy (non-hydrogen) atoms. The van der Waals surface area contributed by atoms with E-state index in [9.17, 15) is 5.11 Å². The van der Waals surface area contributed by atoms with Crippen molar-refractivity contribution >= 4 is 0 Å². The lowest BCUT2D eigenvalue weighted by atomic mass is 9.94. The second kappa shape index (κ2) is 4.69. The summed E-state index contributed by atoms with van der Waals surface area (Å²) in [6, 6.07) is 6.15. The molecule has 0 bridgehead atoms. The highest BCUT2D eigenvalue weighted by atomic mass is 16.5. The molecule has 0 radical (unpaired) electrons. The van der Waals surface area contributed by atoms with Gasteiger partial charge >= 0.3 is 0 Å². The molecule has 2 nitrogen and oxygen atoms in total. The second-order valence-electron chi connectivity index (χ2n) is 5.37. The first kappa shape index (κ1) is 11.1. The first-order valence-corrected chi connectivity index (χ1v) is 6.76. The fourth-order valence-corrected chi connectivity index (χ4v) is 3.11. The molecule has 1 aromatic rings. The molecular weight excluding hydrogens is 212 g/mol. The molecule has 0 saturated heterocycles. The Morgan fingerprint density at radius 2 is 2.12 bits per heavy atom. The largest absolute Gasteiger partial charge is 0.493 e. The van der Waals surface area contributed by atoms with E-state index < -0.39 is 0 Å². The van der Waals surface area contributed by atoms with Crippen molar-refractivity contribution in [1.82, 2.24) is 0 Å². The normalized spacial score (nSPS) is 21.2. The van der Waals surface area contributed by atoms with Crippen molar-refractivity contribution in [2.24, 2.45) is 5.92 Å². The molecule has 0 aromatic heterocycles. The fourth-order valence-electron chi connectivity index (χ4n) is 3.11. The lowest BCUT2D eigenvalue weighted by molar-refractivity contribution is 0.145. The van der Waals surface area contributed by atoms with Crippen LogP contribution < -0.4 is 4.74 Å². The summed E-state index contributed by atoms with van der Waals surface area (Å²) in [6.45, 7) is 0.789. The van der Waals surface area contributed by atoms with Crippen LogP contribution in [0.4, 0.5) is 0 Å². The fraction of sp³-hybridized carbons (Fsp3) is 0.600. The summed E-state index contributed by atoms with van der Waals surface area (Å²) in [5, 5.41) is 10.3. The zero-order valence-electron chi connectivity index (χ0n) is 10.2. The van der Waals surface area contributed by atoms with Crippen molar-refractivity contribution < 1.29 is 9.84 Å². The summed E-state index contributed by atoms with van der Waals surface area (Å²) in [5.41, 5.74) is 2.33. The van der Waals surface area contributed by atoms with Gasteiger partial charge in [0.25, 0.3) is 0 Å². The molecule has 1 aliphatic carbocycles. The molecule has 1 aliphatic heterocycles. The molecular formula is C15H20O2. The first-order chi connectivity index (χ1) is 8.33. The van der Waals surface area contributed by atoms with Crippen LogP contribution in [0.1, 0.15) is 49.3 Å². The number of fused-ring (bicyclic) bond motifs is 1. The molecule has 2 aliphatic rings. The van der Waals surface area contributed by atoms with E-state index in [-0.39, 0.29) is 6.10 Å². The lowest BCUT2D eigenvalue weighted by Crippen LogP contribution is -2.04. The highest BCUT2D eigenvalue weighted by Crippen LogP contribution is 2.35. The van der Waals surface area contributed by atoms with Crippen molar-refractivity contribution in [3.05, 3.63) is 29.3 Å². The molecule has 1 fully saturated rings. The number of rotatable bonds is 3. The number of ether oxygens (including phenoxy) is 1. The van der Waals surface area contributed by atoms with E-state index >= 15 is 0 Å². The van der Waals surface area contributed by atoms with Crippen LogP contribution in [0.2, 0.25) is 0 Å². The third-order valence-corrected chi connectivity index (χ3v) is 4.13. The quantitative estimate of drug-likeness (QED) is 0.867. The zero-order chi connectivity index (χ0) is 11.7. The molecule has 1 aromatic carbocycles.